The number of hydrogen-bond acceptors (Lipinski definition) is 2. The Bertz CT molecular complexity index is 649. The number of benzene rings is 2. The first-order valence-corrected chi connectivity index (χ1v) is 6.46. The summed E-state index contributed by atoms with van der Waals surface area (Å²) in [5.74, 6) is -1.17. The summed E-state index contributed by atoms with van der Waals surface area (Å²) < 4.78 is 14.4. The van der Waals surface area contributed by atoms with Crippen LogP contribution in [0.2, 0.25) is 5.02 Å². The van der Waals surface area contributed by atoms with Crippen LogP contribution in [0.1, 0.15) is 10.4 Å². The Labute approximate surface area is 122 Å². The van der Waals surface area contributed by atoms with E-state index in [1.54, 1.807) is 24.3 Å². The number of anilines is 2. The minimum absolute atomic E-state index is 0.0110. The van der Waals surface area contributed by atoms with E-state index in [4.69, 9.17) is 17.3 Å². The molecular weight excluding hydrogens is 335 g/mol. The number of rotatable bonds is 2. The van der Waals surface area contributed by atoms with Crippen molar-refractivity contribution in [3.8, 4) is 0 Å². The first-order chi connectivity index (χ1) is 8.99. The van der Waals surface area contributed by atoms with Gasteiger partial charge < -0.3 is 11.1 Å². The number of nitrogens with two attached hydrogens (primary N) is 1. The molecule has 3 nitrogen and oxygen atoms in total. The third-order valence-electron chi connectivity index (χ3n) is 2.46. The number of hydrogen-bond donors (Lipinski definition) is 2. The fourth-order valence-electron chi connectivity index (χ4n) is 1.52. The zero-order chi connectivity index (χ0) is 14.0. The van der Waals surface area contributed by atoms with Gasteiger partial charge in [0.05, 0.1) is 16.3 Å². The predicted octanol–water partition coefficient (Wildman–Crippen LogP) is 4.08. The molecule has 0 unspecified atom stereocenters. The molecule has 0 saturated carbocycles. The largest absolute Gasteiger partial charge is 0.398 e. The lowest BCUT2D eigenvalue weighted by molar-refractivity contribution is 0.102. The van der Waals surface area contributed by atoms with Crippen molar-refractivity contribution in [2.45, 2.75) is 0 Å². The van der Waals surface area contributed by atoms with Crippen LogP contribution in [-0.4, -0.2) is 5.91 Å². The van der Waals surface area contributed by atoms with E-state index in [0.717, 1.165) is 0 Å². The summed E-state index contributed by atoms with van der Waals surface area (Å²) in [6, 6.07) is 9.24. The second-order valence-electron chi connectivity index (χ2n) is 3.79. The average Bonchev–Trinajstić information content (AvgIpc) is 2.38. The fraction of sp³-hybridized carbons (Fsp3) is 0. The molecule has 6 heteroatoms. The molecule has 2 rings (SSSR count). The highest BCUT2D eigenvalue weighted by Gasteiger charge is 2.13. The Morgan fingerprint density at radius 1 is 1.32 bits per heavy atom. The molecule has 0 bridgehead atoms. The number of amides is 1. The van der Waals surface area contributed by atoms with Gasteiger partial charge in [-0.2, -0.15) is 0 Å². The van der Waals surface area contributed by atoms with Crippen molar-refractivity contribution in [2.24, 2.45) is 0 Å². The van der Waals surface area contributed by atoms with E-state index in [9.17, 15) is 9.18 Å². The second kappa shape index (κ2) is 5.59. The van der Waals surface area contributed by atoms with Crippen LogP contribution in [0.4, 0.5) is 15.8 Å². The maximum absolute atomic E-state index is 13.7. The normalized spacial score (nSPS) is 10.3. The van der Waals surface area contributed by atoms with Crippen molar-refractivity contribution >= 4 is 44.8 Å². The minimum Gasteiger partial charge on any atom is -0.398 e. The Hall–Kier alpha value is -1.59. The first kappa shape index (κ1) is 13.8. The van der Waals surface area contributed by atoms with Crippen molar-refractivity contribution in [1.29, 1.82) is 0 Å². The van der Waals surface area contributed by atoms with Crippen LogP contribution in [0.15, 0.2) is 40.9 Å². The summed E-state index contributed by atoms with van der Waals surface area (Å²) in [5.41, 5.74) is 6.29. The molecule has 0 heterocycles. The summed E-state index contributed by atoms with van der Waals surface area (Å²) >= 11 is 8.89. The Kier molecular flexibility index (Phi) is 4.07. The monoisotopic (exact) mass is 342 g/mol. The summed E-state index contributed by atoms with van der Waals surface area (Å²) in [4.78, 5) is 12.0. The molecule has 0 atom stereocenters. The van der Waals surface area contributed by atoms with E-state index in [2.05, 4.69) is 21.2 Å². The van der Waals surface area contributed by atoms with E-state index in [1.165, 1.54) is 12.1 Å². The molecule has 0 aliphatic carbocycles. The van der Waals surface area contributed by atoms with Crippen LogP contribution in [0.3, 0.4) is 0 Å². The second-order valence-corrected chi connectivity index (χ2v) is 5.11. The van der Waals surface area contributed by atoms with Crippen LogP contribution in [0, 0.1) is 5.82 Å². The molecule has 0 aliphatic heterocycles. The standard InChI is InChI=1S/C13H9BrClFN2O/c14-7-4-5-10(17)8(6-7)13(19)18-11-3-1-2-9(15)12(11)16/h1-6H,17H2,(H,18,19). The van der Waals surface area contributed by atoms with Gasteiger partial charge in [-0.15, -0.1) is 0 Å². The number of carbonyl (C=O) groups excluding carboxylic acids is 1. The summed E-state index contributed by atoms with van der Waals surface area (Å²) in [7, 11) is 0. The Balaban J connectivity index is 2.31. The highest BCUT2D eigenvalue weighted by Crippen LogP contribution is 2.24. The zero-order valence-corrected chi connectivity index (χ0v) is 11.9. The van der Waals surface area contributed by atoms with Crippen LogP contribution in [-0.2, 0) is 0 Å². The van der Waals surface area contributed by atoms with Crippen molar-refractivity contribution < 1.29 is 9.18 Å². The highest BCUT2D eigenvalue weighted by molar-refractivity contribution is 9.10. The van der Waals surface area contributed by atoms with Gasteiger partial charge in [-0.3, -0.25) is 4.79 Å². The summed E-state index contributed by atoms with van der Waals surface area (Å²) in [6.07, 6.45) is 0. The lowest BCUT2D eigenvalue weighted by Crippen LogP contribution is -2.15. The SMILES string of the molecule is Nc1ccc(Br)cc1C(=O)Nc1cccc(Cl)c1F. The molecule has 0 radical (unpaired) electrons. The van der Waals surface area contributed by atoms with E-state index in [-0.39, 0.29) is 16.3 Å². The maximum atomic E-state index is 13.7. The third kappa shape index (κ3) is 3.05. The van der Waals surface area contributed by atoms with Crippen molar-refractivity contribution in [3.05, 3.63) is 57.3 Å². The molecular formula is C13H9BrClFN2O. The van der Waals surface area contributed by atoms with Crippen molar-refractivity contribution in [3.63, 3.8) is 0 Å². The lowest BCUT2D eigenvalue weighted by atomic mass is 10.1. The summed E-state index contributed by atoms with van der Waals surface area (Å²) in [5, 5.41) is 2.38. The quantitative estimate of drug-likeness (QED) is 0.807. The van der Waals surface area contributed by atoms with Crippen molar-refractivity contribution in [2.75, 3.05) is 11.1 Å². The molecule has 0 aliphatic rings. The topological polar surface area (TPSA) is 55.1 Å². The van der Waals surface area contributed by atoms with E-state index >= 15 is 0 Å². The van der Waals surface area contributed by atoms with Crippen LogP contribution in [0.5, 0.6) is 0 Å². The van der Waals surface area contributed by atoms with Crippen LogP contribution in [0.25, 0.3) is 0 Å². The van der Waals surface area contributed by atoms with Gasteiger partial charge >= 0.3 is 0 Å². The number of nitrogen functional groups attached to an aromatic ring is 1. The van der Waals surface area contributed by atoms with Gasteiger partial charge in [-0.25, -0.2) is 4.39 Å². The third-order valence-corrected chi connectivity index (χ3v) is 3.24. The minimum atomic E-state index is -0.675. The average molecular weight is 344 g/mol. The number of halogens is 3. The molecule has 1 amide bonds. The van der Waals surface area contributed by atoms with Gasteiger partial charge in [-0.1, -0.05) is 33.6 Å². The Morgan fingerprint density at radius 2 is 2.05 bits per heavy atom. The van der Waals surface area contributed by atoms with Crippen molar-refractivity contribution in [1.82, 2.24) is 0 Å². The molecule has 2 aromatic carbocycles. The highest BCUT2D eigenvalue weighted by atomic mass is 79.9. The Morgan fingerprint density at radius 3 is 2.79 bits per heavy atom. The van der Waals surface area contributed by atoms with Gasteiger partial charge in [0.1, 0.15) is 0 Å². The zero-order valence-electron chi connectivity index (χ0n) is 9.58. The fourth-order valence-corrected chi connectivity index (χ4v) is 2.05. The van der Waals surface area contributed by atoms with Gasteiger partial charge in [0.15, 0.2) is 5.82 Å². The van der Waals surface area contributed by atoms with Gasteiger partial charge in [0.2, 0.25) is 0 Å². The van der Waals surface area contributed by atoms with Gasteiger partial charge in [0, 0.05) is 10.2 Å². The predicted molar refractivity (Wildman–Crippen MR) is 77.9 cm³/mol. The van der Waals surface area contributed by atoms with Crippen LogP contribution >= 0.6 is 27.5 Å². The molecule has 19 heavy (non-hydrogen) atoms. The molecule has 0 saturated heterocycles. The lowest BCUT2D eigenvalue weighted by Gasteiger charge is -2.09. The number of carbonyl (C=O) groups is 1. The van der Waals surface area contributed by atoms with Gasteiger partial charge in [0.25, 0.3) is 5.91 Å². The molecule has 0 fully saturated rings. The summed E-state index contributed by atoms with van der Waals surface area (Å²) in [6.45, 7) is 0. The first-order valence-electron chi connectivity index (χ1n) is 5.29. The molecule has 98 valence electrons. The smallest absolute Gasteiger partial charge is 0.257 e. The number of nitrogens with one attached hydrogen (secondary N) is 1. The molecule has 0 spiro atoms. The van der Waals surface area contributed by atoms with E-state index < -0.39 is 11.7 Å². The van der Waals surface area contributed by atoms with Crippen LogP contribution < -0.4 is 11.1 Å². The molecule has 0 aromatic heterocycles. The molecule has 2 aromatic rings. The van der Waals surface area contributed by atoms with Gasteiger partial charge in [-0.05, 0) is 30.3 Å². The molecule has 3 N–H and O–H groups in total. The maximum Gasteiger partial charge on any atom is 0.257 e. The van der Waals surface area contributed by atoms with E-state index in [0.29, 0.717) is 10.2 Å². The van der Waals surface area contributed by atoms with E-state index in [1.807, 2.05) is 0 Å².